The van der Waals surface area contributed by atoms with Gasteiger partial charge in [-0.05, 0) is 31.5 Å². The summed E-state index contributed by atoms with van der Waals surface area (Å²) in [4.78, 5) is 28.9. The van der Waals surface area contributed by atoms with Gasteiger partial charge in [-0.25, -0.2) is 0 Å². The molecule has 1 fully saturated rings. The van der Waals surface area contributed by atoms with Crippen molar-refractivity contribution >= 4 is 17.5 Å². The first-order valence-electron chi connectivity index (χ1n) is 10.9. The summed E-state index contributed by atoms with van der Waals surface area (Å²) in [6.07, 6.45) is -4.54. The van der Waals surface area contributed by atoms with Crippen molar-refractivity contribution in [1.82, 2.24) is 15.1 Å². The fraction of sp³-hybridized carbons (Fsp3) is 0.417. The molecule has 1 heterocycles. The molecule has 3 rings (SSSR count). The molecule has 0 bridgehead atoms. The Morgan fingerprint density at radius 1 is 0.939 bits per heavy atom. The quantitative estimate of drug-likeness (QED) is 0.661. The third-order valence-corrected chi connectivity index (χ3v) is 5.87. The first kappa shape index (κ1) is 24.7. The second-order valence-electron chi connectivity index (χ2n) is 8.22. The molecule has 0 spiro atoms. The number of hydrogen-bond donors (Lipinski definition) is 2. The van der Waals surface area contributed by atoms with E-state index in [1.54, 1.807) is 0 Å². The molecular weight excluding hydrogens is 433 g/mol. The van der Waals surface area contributed by atoms with Crippen molar-refractivity contribution < 1.29 is 22.8 Å². The third kappa shape index (κ3) is 6.79. The van der Waals surface area contributed by atoms with Gasteiger partial charge >= 0.3 is 6.18 Å². The van der Waals surface area contributed by atoms with Gasteiger partial charge in [0.05, 0.1) is 29.9 Å². The average Bonchev–Trinajstić information content (AvgIpc) is 2.79. The number of carbonyl (C=O) groups is 2. The van der Waals surface area contributed by atoms with E-state index in [0.29, 0.717) is 26.2 Å². The summed E-state index contributed by atoms with van der Waals surface area (Å²) >= 11 is 0. The Balaban J connectivity index is 1.47. The van der Waals surface area contributed by atoms with Crippen LogP contribution in [0.25, 0.3) is 0 Å². The Kier molecular flexibility index (Phi) is 8.10. The Morgan fingerprint density at radius 3 is 2.18 bits per heavy atom. The van der Waals surface area contributed by atoms with Crippen molar-refractivity contribution in [2.24, 2.45) is 0 Å². The number of benzene rings is 2. The lowest BCUT2D eigenvalue weighted by Crippen LogP contribution is -2.55. The predicted octanol–water partition coefficient (Wildman–Crippen LogP) is 3.53. The molecule has 2 N–H and O–H groups in total. The Labute approximate surface area is 191 Å². The molecule has 2 aromatic carbocycles. The Bertz CT molecular complexity index is 944. The largest absolute Gasteiger partial charge is 0.418 e. The van der Waals surface area contributed by atoms with Crippen molar-refractivity contribution in [3.63, 3.8) is 0 Å². The van der Waals surface area contributed by atoms with Crippen LogP contribution in [0.15, 0.2) is 54.6 Å². The lowest BCUT2D eigenvalue weighted by Gasteiger charge is -2.37. The third-order valence-electron chi connectivity index (χ3n) is 5.87. The zero-order valence-corrected chi connectivity index (χ0v) is 18.7. The number of rotatable bonds is 7. The zero-order chi connectivity index (χ0) is 24.0. The number of para-hydroxylation sites is 1. The Morgan fingerprint density at radius 2 is 1.55 bits per heavy atom. The zero-order valence-electron chi connectivity index (χ0n) is 18.7. The van der Waals surface area contributed by atoms with Crippen LogP contribution >= 0.6 is 0 Å². The number of piperazine rings is 1. The summed E-state index contributed by atoms with van der Waals surface area (Å²) in [6.45, 7) is 6.03. The van der Waals surface area contributed by atoms with Crippen LogP contribution in [0.4, 0.5) is 18.9 Å². The van der Waals surface area contributed by atoms with Crippen molar-refractivity contribution in [2.45, 2.75) is 32.1 Å². The van der Waals surface area contributed by atoms with E-state index in [1.165, 1.54) is 18.2 Å². The lowest BCUT2D eigenvalue weighted by molar-refractivity contribution is -0.137. The molecule has 9 heteroatoms. The van der Waals surface area contributed by atoms with E-state index in [0.717, 1.165) is 11.6 Å². The minimum absolute atomic E-state index is 0.00828. The molecule has 178 valence electrons. The van der Waals surface area contributed by atoms with Crippen LogP contribution in [-0.2, 0) is 15.8 Å². The topological polar surface area (TPSA) is 64.7 Å². The fourth-order valence-electron chi connectivity index (χ4n) is 3.87. The van der Waals surface area contributed by atoms with Crippen molar-refractivity contribution in [3.05, 3.63) is 65.7 Å². The van der Waals surface area contributed by atoms with Crippen LogP contribution in [0.1, 0.15) is 31.0 Å². The number of nitrogens with one attached hydrogen (secondary N) is 2. The molecule has 2 amide bonds. The van der Waals surface area contributed by atoms with E-state index >= 15 is 0 Å². The second kappa shape index (κ2) is 10.8. The molecule has 2 aromatic rings. The summed E-state index contributed by atoms with van der Waals surface area (Å²) in [5.41, 5.74) is -0.0832. The second-order valence-corrected chi connectivity index (χ2v) is 8.22. The summed E-state index contributed by atoms with van der Waals surface area (Å²) in [6, 6.07) is 14.2. The van der Waals surface area contributed by atoms with E-state index < -0.39 is 17.6 Å². The van der Waals surface area contributed by atoms with Crippen LogP contribution in [0.2, 0.25) is 0 Å². The first-order valence-corrected chi connectivity index (χ1v) is 10.9. The van der Waals surface area contributed by atoms with Crippen molar-refractivity contribution in [3.8, 4) is 0 Å². The van der Waals surface area contributed by atoms with Gasteiger partial charge in [-0.3, -0.25) is 19.4 Å². The number of carbonyl (C=O) groups excluding carboxylic acids is 2. The molecule has 0 radical (unpaired) electrons. The van der Waals surface area contributed by atoms with E-state index in [-0.39, 0.29) is 30.2 Å². The van der Waals surface area contributed by atoms with Gasteiger partial charge in [0, 0.05) is 26.2 Å². The van der Waals surface area contributed by atoms with Gasteiger partial charge in [-0.15, -0.1) is 0 Å². The minimum atomic E-state index is -4.54. The summed E-state index contributed by atoms with van der Waals surface area (Å²) < 4.78 is 39.4. The molecule has 6 nitrogen and oxygen atoms in total. The number of hydrogen-bond acceptors (Lipinski definition) is 4. The molecule has 0 saturated carbocycles. The number of halogens is 3. The van der Waals surface area contributed by atoms with E-state index in [4.69, 9.17) is 0 Å². The van der Waals surface area contributed by atoms with Gasteiger partial charge in [0.2, 0.25) is 11.8 Å². The van der Waals surface area contributed by atoms with Crippen molar-refractivity contribution in [1.29, 1.82) is 0 Å². The number of alkyl halides is 3. The van der Waals surface area contributed by atoms with Gasteiger partial charge in [0.25, 0.3) is 0 Å². The molecule has 1 saturated heterocycles. The maximum atomic E-state index is 13.1. The van der Waals surface area contributed by atoms with Crippen LogP contribution in [-0.4, -0.2) is 60.4 Å². The highest BCUT2D eigenvalue weighted by Gasteiger charge is 2.34. The summed E-state index contributed by atoms with van der Waals surface area (Å²) in [5, 5.41) is 5.41. The van der Waals surface area contributed by atoms with E-state index in [1.807, 2.05) is 54.0 Å². The maximum Gasteiger partial charge on any atom is 0.418 e. The predicted molar refractivity (Wildman–Crippen MR) is 121 cm³/mol. The van der Waals surface area contributed by atoms with Gasteiger partial charge in [0.1, 0.15) is 0 Å². The van der Waals surface area contributed by atoms with Gasteiger partial charge in [0.15, 0.2) is 0 Å². The molecule has 0 aromatic heterocycles. The normalized spacial score (nSPS) is 17.2. The summed E-state index contributed by atoms with van der Waals surface area (Å²) in [5.74, 6) is -0.566. The van der Waals surface area contributed by atoms with Crippen LogP contribution < -0.4 is 10.6 Å². The monoisotopic (exact) mass is 462 g/mol. The van der Waals surface area contributed by atoms with Crippen LogP contribution in [0, 0.1) is 0 Å². The van der Waals surface area contributed by atoms with E-state index in [2.05, 4.69) is 10.6 Å². The van der Waals surface area contributed by atoms with Gasteiger partial charge < -0.3 is 10.6 Å². The fourth-order valence-corrected chi connectivity index (χ4v) is 3.87. The first-order chi connectivity index (χ1) is 15.6. The highest BCUT2D eigenvalue weighted by Crippen LogP contribution is 2.34. The molecule has 2 atom stereocenters. The molecular formula is C24H29F3N4O2. The van der Waals surface area contributed by atoms with Gasteiger partial charge in [-0.1, -0.05) is 42.5 Å². The highest BCUT2D eigenvalue weighted by molar-refractivity contribution is 5.93. The highest BCUT2D eigenvalue weighted by atomic mass is 19.4. The molecule has 0 unspecified atom stereocenters. The molecule has 1 aliphatic heterocycles. The number of amides is 2. The van der Waals surface area contributed by atoms with Crippen LogP contribution in [0.5, 0.6) is 0 Å². The number of nitrogens with zero attached hydrogens (tertiary/aromatic N) is 2. The average molecular weight is 463 g/mol. The lowest BCUT2D eigenvalue weighted by atomic mass is 10.1. The molecule has 0 aliphatic carbocycles. The van der Waals surface area contributed by atoms with Crippen molar-refractivity contribution in [2.75, 3.05) is 38.0 Å². The molecule has 1 aliphatic rings. The summed E-state index contributed by atoms with van der Waals surface area (Å²) in [7, 11) is 0. The molecule has 33 heavy (non-hydrogen) atoms. The van der Waals surface area contributed by atoms with E-state index in [9.17, 15) is 22.8 Å². The van der Waals surface area contributed by atoms with Gasteiger partial charge in [-0.2, -0.15) is 13.2 Å². The minimum Gasteiger partial charge on any atom is -0.348 e. The SMILES string of the molecule is C[C@@H](NC(=O)[C@H](C)N1CCN(CC(=O)Nc2ccccc2C(F)(F)F)CC1)c1ccccc1. The maximum absolute atomic E-state index is 13.1. The number of anilines is 1. The smallest absolute Gasteiger partial charge is 0.348 e. The Hall–Kier alpha value is -2.91. The van der Waals surface area contributed by atoms with Crippen LogP contribution in [0.3, 0.4) is 0 Å². The standard InChI is InChI=1S/C24H29F3N4O2/c1-17(19-8-4-3-5-9-19)28-23(33)18(2)31-14-12-30(13-15-31)16-22(32)29-21-11-7-6-10-20(21)24(25,26)27/h3-11,17-18H,12-16H2,1-2H3,(H,28,33)(H,29,32)/t17-,18+/m1/s1.